The summed E-state index contributed by atoms with van der Waals surface area (Å²) in [5.74, 6) is 2.01. The van der Waals surface area contributed by atoms with Crippen molar-refractivity contribution in [3.05, 3.63) is 12.4 Å². The van der Waals surface area contributed by atoms with E-state index in [1.807, 2.05) is 17.8 Å². The average Bonchev–Trinajstić information content (AvgIpc) is 2.72. The summed E-state index contributed by atoms with van der Waals surface area (Å²) in [6.07, 6.45) is 4.14. The van der Waals surface area contributed by atoms with Crippen molar-refractivity contribution >= 4 is 24.5 Å². The predicted octanol–water partition coefficient (Wildman–Crippen LogP) is 0.703. The fourth-order valence-electron chi connectivity index (χ4n) is 1.72. The molecule has 1 amide bonds. The van der Waals surface area contributed by atoms with Crippen LogP contribution in [0.2, 0.25) is 0 Å². The third kappa shape index (κ3) is 1.52. The average molecular weight is 211 g/mol. The standard InChI is InChI=1S/C9H13N3OS/c1-11-3-2-10-9(11)12-5-7(6-14)4-8(12)13/h2-3,7,14H,4-6H2,1H3. The lowest BCUT2D eigenvalue weighted by Crippen LogP contribution is -2.27. The molecule has 0 spiro atoms. The van der Waals surface area contributed by atoms with E-state index in [2.05, 4.69) is 17.6 Å². The van der Waals surface area contributed by atoms with E-state index >= 15 is 0 Å². The van der Waals surface area contributed by atoms with Crippen molar-refractivity contribution < 1.29 is 4.79 Å². The van der Waals surface area contributed by atoms with Gasteiger partial charge in [0.2, 0.25) is 11.9 Å². The van der Waals surface area contributed by atoms with Gasteiger partial charge in [-0.3, -0.25) is 9.69 Å². The van der Waals surface area contributed by atoms with E-state index in [1.165, 1.54) is 0 Å². The first-order valence-electron chi connectivity index (χ1n) is 4.61. The Bertz CT molecular complexity index is 350. The zero-order valence-electron chi connectivity index (χ0n) is 8.05. The number of hydrogen-bond donors (Lipinski definition) is 1. The van der Waals surface area contributed by atoms with E-state index < -0.39 is 0 Å². The first-order chi connectivity index (χ1) is 6.72. The van der Waals surface area contributed by atoms with Gasteiger partial charge in [-0.1, -0.05) is 0 Å². The summed E-state index contributed by atoms with van der Waals surface area (Å²) in [4.78, 5) is 17.5. The number of thiol groups is 1. The van der Waals surface area contributed by atoms with Crippen molar-refractivity contribution in [2.24, 2.45) is 13.0 Å². The highest BCUT2D eigenvalue weighted by Crippen LogP contribution is 2.23. The topological polar surface area (TPSA) is 38.1 Å². The molecule has 1 unspecified atom stereocenters. The molecular weight excluding hydrogens is 198 g/mol. The number of aryl methyl sites for hydroxylation is 1. The summed E-state index contributed by atoms with van der Waals surface area (Å²) < 4.78 is 1.86. The first-order valence-corrected chi connectivity index (χ1v) is 5.24. The van der Waals surface area contributed by atoms with Gasteiger partial charge in [-0.15, -0.1) is 0 Å². The lowest BCUT2D eigenvalue weighted by Gasteiger charge is -2.14. The minimum atomic E-state index is 0.151. The number of rotatable bonds is 2. The van der Waals surface area contributed by atoms with E-state index in [-0.39, 0.29) is 5.91 Å². The second-order valence-corrected chi connectivity index (χ2v) is 3.96. The first kappa shape index (κ1) is 9.58. The van der Waals surface area contributed by atoms with Crippen LogP contribution >= 0.6 is 12.6 Å². The molecule has 1 atom stereocenters. The summed E-state index contributed by atoms with van der Waals surface area (Å²) in [7, 11) is 1.89. The minimum Gasteiger partial charge on any atom is -0.320 e. The summed E-state index contributed by atoms with van der Waals surface area (Å²) in [6.45, 7) is 0.743. The number of amides is 1. The molecule has 0 saturated carbocycles. The number of carbonyl (C=O) groups excluding carboxylic acids is 1. The number of aromatic nitrogens is 2. The maximum Gasteiger partial charge on any atom is 0.229 e. The Morgan fingerprint density at radius 2 is 2.50 bits per heavy atom. The van der Waals surface area contributed by atoms with Gasteiger partial charge in [-0.25, -0.2) is 4.98 Å². The van der Waals surface area contributed by atoms with Crippen LogP contribution in [-0.4, -0.2) is 27.8 Å². The van der Waals surface area contributed by atoms with Gasteiger partial charge in [-0.2, -0.15) is 12.6 Å². The van der Waals surface area contributed by atoms with Gasteiger partial charge in [0.25, 0.3) is 0 Å². The molecule has 1 fully saturated rings. The van der Waals surface area contributed by atoms with Gasteiger partial charge in [0, 0.05) is 32.4 Å². The molecule has 0 N–H and O–H groups in total. The van der Waals surface area contributed by atoms with Crippen LogP contribution in [0.25, 0.3) is 0 Å². The van der Waals surface area contributed by atoms with Crippen LogP contribution in [0.3, 0.4) is 0 Å². The fourth-order valence-corrected chi connectivity index (χ4v) is 1.96. The second-order valence-electron chi connectivity index (χ2n) is 3.60. The molecule has 1 aromatic rings. The molecule has 0 aromatic carbocycles. The Morgan fingerprint density at radius 3 is 3.00 bits per heavy atom. The molecule has 2 heterocycles. The molecule has 0 radical (unpaired) electrons. The Hall–Kier alpha value is -0.970. The Labute approximate surface area is 88.3 Å². The number of nitrogens with zero attached hydrogens (tertiary/aromatic N) is 3. The molecule has 5 heteroatoms. The normalized spacial score (nSPS) is 22.0. The number of hydrogen-bond acceptors (Lipinski definition) is 3. The second kappa shape index (κ2) is 3.65. The molecule has 1 aliphatic heterocycles. The van der Waals surface area contributed by atoms with E-state index in [9.17, 15) is 4.79 Å². The lowest BCUT2D eigenvalue weighted by atomic mass is 10.1. The van der Waals surface area contributed by atoms with Crippen LogP contribution in [0.4, 0.5) is 5.95 Å². The van der Waals surface area contributed by atoms with Gasteiger partial charge in [0.1, 0.15) is 0 Å². The maximum absolute atomic E-state index is 11.6. The summed E-state index contributed by atoms with van der Waals surface area (Å²) in [6, 6.07) is 0. The highest BCUT2D eigenvalue weighted by atomic mass is 32.1. The molecule has 1 saturated heterocycles. The zero-order chi connectivity index (χ0) is 10.1. The van der Waals surface area contributed by atoms with E-state index in [0.717, 1.165) is 18.2 Å². The zero-order valence-corrected chi connectivity index (χ0v) is 8.94. The molecule has 1 aromatic heterocycles. The molecule has 0 aliphatic carbocycles. The van der Waals surface area contributed by atoms with Crippen LogP contribution in [-0.2, 0) is 11.8 Å². The van der Waals surface area contributed by atoms with Crippen molar-refractivity contribution in [1.29, 1.82) is 0 Å². The lowest BCUT2D eigenvalue weighted by molar-refractivity contribution is -0.117. The maximum atomic E-state index is 11.6. The van der Waals surface area contributed by atoms with Gasteiger partial charge in [0.05, 0.1) is 0 Å². The van der Waals surface area contributed by atoms with E-state index in [1.54, 1.807) is 11.1 Å². The molecule has 14 heavy (non-hydrogen) atoms. The van der Waals surface area contributed by atoms with Crippen LogP contribution in [0, 0.1) is 5.92 Å². The van der Waals surface area contributed by atoms with Gasteiger partial charge < -0.3 is 4.57 Å². The third-order valence-electron chi connectivity index (χ3n) is 2.50. The monoisotopic (exact) mass is 211 g/mol. The minimum absolute atomic E-state index is 0.151. The van der Waals surface area contributed by atoms with Crippen molar-refractivity contribution in [2.75, 3.05) is 17.2 Å². The van der Waals surface area contributed by atoms with E-state index in [4.69, 9.17) is 0 Å². The molecule has 76 valence electrons. The molecular formula is C9H13N3OS. The predicted molar refractivity (Wildman–Crippen MR) is 57.5 cm³/mol. The third-order valence-corrected chi connectivity index (χ3v) is 3.02. The van der Waals surface area contributed by atoms with Crippen molar-refractivity contribution in [3.63, 3.8) is 0 Å². The Kier molecular flexibility index (Phi) is 2.50. The highest BCUT2D eigenvalue weighted by molar-refractivity contribution is 7.80. The quantitative estimate of drug-likeness (QED) is 0.731. The van der Waals surface area contributed by atoms with Crippen LogP contribution in [0.5, 0.6) is 0 Å². The Balaban J connectivity index is 2.20. The largest absolute Gasteiger partial charge is 0.320 e. The van der Waals surface area contributed by atoms with Gasteiger partial charge in [-0.05, 0) is 11.7 Å². The van der Waals surface area contributed by atoms with Crippen molar-refractivity contribution in [2.45, 2.75) is 6.42 Å². The number of carbonyl (C=O) groups is 1. The van der Waals surface area contributed by atoms with Crippen molar-refractivity contribution in [1.82, 2.24) is 9.55 Å². The molecule has 0 bridgehead atoms. The highest BCUT2D eigenvalue weighted by Gasteiger charge is 2.31. The van der Waals surface area contributed by atoms with Crippen molar-refractivity contribution in [3.8, 4) is 0 Å². The molecule has 2 rings (SSSR count). The van der Waals surface area contributed by atoms with Crippen LogP contribution in [0.15, 0.2) is 12.4 Å². The number of imidazole rings is 1. The smallest absolute Gasteiger partial charge is 0.229 e. The van der Waals surface area contributed by atoms with Crippen LogP contribution < -0.4 is 4.90 Å². The molecule has 1 aliphatic rings. The molecule has 4 nitrogen and oxygen atoms in total. The van der Waals surface area contributed by atoms with Crippen LogP contribution in [0.1, 0.15) is 6.42 Å². The van der Waals surface area contributed by atoms with E-state index in [0.29, 0.717) is 12.3 Å². The van der Waals surface area contributed by atoms with Gasteiger partial charge in [0.15, 0.2) is 0 Å². The summed E-state index contributed by atoms with van der Waals surface area (Å²) in [5.41, 5.74) is 0. The summed E-state index contributed by atoms with van der Waals surface area (Å²) in [5, 5.41) is 0. The fraction of sp³-hybridized carbons (Fsp3) is 0.556. The summed E-state index contributed by atoms with van der Waals surface area (Å²) >= 11 is 4.21. The number of anilines is 1. The Morgan fingerprint density at radius 1 is 1.71 bits per heavy atom. The van der Waals surface area contributed by atoms with Gasteiger partial charge >= 0.3 is 0 Å². The SMILES string of the molecule is Cn1ccnc1N1CC(CS)CC1=O.